The molecule has 10 heteroatoms. The molecule has 2 heterocycles. The number of hydrogen-bond acceptors (Lipinski definition) is 6. The quantitative estimate of drug-likeness (QED) is 0.391. The zero-order valence-electron chi connectivity index (χ0n) is 16.5. The lowest BCUT2D eigenvalue weighted by atomic mass is 10.1. The molecule has 0 aliphatic heterocycles. The second-order valence-electron chi connectivity index (χ2n) is 6.95. The largest absolute Gasteiger partial charge is 0.417 e. The summed E-state index contributed by atoms with van der Waals surface area (Å²) in [6.45, 7) is 0.285. The Morgan fingerprint density at radius 3 is 2.47 bits per heavy atom. The fourth-order valence-corrected chi connectivity index (χ4v) is 3.33. The van der Waals surface area contributed by atoms with Gasteiger partial charge in [-0.2, -0.15) is 13.2 Å². The van der Waals surface area contributed by atoms with E-state index in [-0.39, 0.29) is 6.54 Å². The van der Waals surface area contributed by atoms with E-state index in [4.69, 9.17) is 21.9 Å². The van der Waals surface area contributed by atoms with Gasteiger partial charge in [0.05, 0.1) is 22.3 Å². The molecule has 164 valence electrons. The number of rotatable bonds is 6. The van der Waals surface area contributed by atoms with E-state index in [1.165, 1.54) is 18.5 Å². The molecule has 0 saturated heterocycles. The van der Waals surface area contributed by atoms with Crippen molar-refractivity contribution in [1.82, 2.24) is 15.1 Å². The van der Waals surface area contributed by atoms with Crippen molar-refractivity contribution in [2.24, 2.45) is 5.73 Å². The minimum Gasteiger partial charge on any atom is -0.368 e. The van der Waals surface area contributed by atoms with E-state index >= 15 is 0 Å². The third-order valence-corrected chi connectivity index (χ3v) is 5.02. The molecule has 4 rings (SSSR count). The molecular formula is C22H17ClF3N5O. The van der Waals surface area contributed by atoms with Crippen molar-refractivity contribution in [3.63, 3.8) is 0 Å². The lowest BCUT2D eigenvalue weighted by molar-refractivity contribution is -0.137. The first-order valence-electron chi connectivity index (χ1n) is 9.52. The molecule has 0 fully saturated rings. The fraction of sp³-hybridized carbons (Fsp3) is 0.136. The van der Waals surface area contributed by atoms with Crippen LogP contribution in [0.3, 0.4) is 0 Å². The van der Waals surface area contributed by atoms with E-state index in [0.717, 1.165) is 11.6 Å². The van der Waals surface area contributed by atoms with Crippen molar-refractivity contribution >= 4 is 17.4 Å². The summed E-state index contributed by atoms with van der Waals surface area (Å²) in [5.41, 5.74) is 7.74. The molecular weight excluding hydrogens is 443 g/mol. The van der Waals surface area contributed by atoms with E-state index < -0.39 is 22.8 Å². The lowest BCUT2D eigenvalue weighted by Gasteiger charge is -2.12. The first-order chi connectivity index (χ1) is 15.3. The Morgan fingerprint density at radius 1 is 0.969 bits per heavy atom. The number of nitrogens with one attached hydrogen (secondary N) is 1. The SMILES string of the molecule is N[C@H](CNc1cc(-c2ccc(C(F)(F)F)c(Cl)c2)ncn1)c1cc(-c2ccccc2)no1. The molecule has 0 aliphatic carbocycles. The summed E-state index contributed by atoms with van der Waals surface area (Å²) < 4.78 is 44.1. The second kappa shape index (κ2) is 8.97. The maximum absolute atomic E-state index is 12.9. The Kier molecular flexibility index (Phi) is 6.11. The van der Waals surface area contributed by atoms with Crippen LogP contribution in [0, 0.1) is 0 Å². The standard InChI is InChI=1S/C22H17ClF3N5O/c23-16-8-14(6-7-15(16)22(24,25)26)18-10-21(30-12-29-18)28-11-17(27)20-9-19(31-32-20)13-4-2-1-3-5-13/h1-10,12,17H,11,27H2,(H,28,29,30)/t17-/m1/s1. The average molecular weight is 460 g/mol. The number of nitrogens with zero attached hydrogens (tertiary/aromatic N) is 3. The van der Waals surface area contributed by atoms with E-state index in [1.807, 2.05) is 30.3 Å². The topological polar surface area (TPSA) is 89.9 Å². The van der Waals surface area contributed by atoms with Gasteiger partial charge in [0.25, 0.3) is 0 Å². The van der Waals surface area contributed by atoms with Gasteiger partial charge in [-0.25, -0.2) is 9.97 Å². The van der Waals surface area contributed by atoms with Gasteiger partial charge < -0.3 is 15.6 Å². The highest BCUT2D eigenvalue weighted by atomic mass is 35.5. The molecule has 1 atom stereocenters. The molecule has 0 saturated carbocycles. The van der Waals surface area contributed by atoms with Gasteiger partial charge in [0.15, 0.2) is 5.76 Å². The minimum atomic E-state index is -4.52. The molecule has 4 aromatic rings. The Hall–Kier alpha value is -3.43. The number of nitrogens with two attached hydrogens (primary N) is 1. The van der Waals surface area contributed by atoms with Crippen molar-refractivity contribution in [2.75, 3.05) is 11.9 Å². The van der Waals surface area contributed by atoms with Gasteiger partial charge >= 0.3 is 6.18 Å². The summed E-state index contributed by atoms with van der Waals surface area (Å²) in [5.74, 6) is 0.949. The van der Waals surface area contributed by atoms with Crippen molar-refractivity contribution in [2.45, 2.75) is 12.2 Å². The lowest BCUT2D eigenvalue weighted by Crippen LogP contribution is -2.20. The van der Waals surface area contributed by atoms with E-state index in [9.17, 15) is 13.2 Å². The highest BCUT2D eigenvalue weighted by Gasteiger charge is 2.33. The third kappa shape index (κ3) is 4.90. The number of halogens is 4. The molecule has 0 unspecified atom stereocenters. The van der Waals surface area contributed by atoms with Crippen LogP contribution in [0.2, 0.25) is 5.02 Å². The van der Waals surface area contributed by atoms with Gasteiger partial charge in [-0.05, 0) is 12.1 Å². The highest BCUT2D eigenvalue weighted by Crippen LogP contribution is 2.36. The van der Waals surface area contributed by atoms with Crippen LogP contribution in [0.4, 0.5) is 19.0 Å². The van der Waals surface area contributed by atoms with Crippen LogP contribution in [0.5, 0.6) is 0 Å². The fourth-order valence-electron chi connectivity index (χ4n) is 3.04. The summed E-state index contributed by atoms with van der Waals surface area (Å²) in [5, 5.41) is 6.72. The third-order valence-electron chi connectivity index (χ3n) is 4.70. The van der Waals surface area contributed by atoms with Crippen LogP contribution in [0.1, 0.15) is 17.4 Å². The van der Waals surface area contributed by atoms with Crippen LogP contribution in [-0.2, 0) is 6.18 Å². The number of aromatic nitrogens is 3. The first-order valence-corrected chi connectivity index (χ1v) is 9.90. The Bertz CT molecular complexity index is 1210. The van der Waals surface area contributed by atoms with E-state index in [2.05, 4.69) is 20.4 Å². The Labute approximate surface area is 186 Å². The molecule has 3 N–H and O–H groups in total. The van der Waals surface area contributed by atoms with Gasteiger partial charge in [0.1, 0.15) is 17.8 Å². The summed E-state index contributed by atoms with van der Waals surface area (Å²) >= 11 is 5.81. The molecule has 0 bridgehead atoms. The summed E-state index contributed by atoms with van der Waals surface area (Å²) in [6.07, 6.45) is -3.22. The normalized spacial score (nSPS) is 12.5. The molecule has 0 aliphatic rings. The summed E-state index contributed by atoms with van der Waals surface area (Å²) in [7, 11) is 0. The number of benzene rings is 2. The van der Waals surface area contributed by atoms with Crippen LogP contribution < -0.4 is 11.1 Å². The molecule has 32 heavy (non-hydrogen) atoms. The van der Waals surface area contributed by atoms with Crippen molar-refractivity contribution in [3.05, 3.63) is 83.3 Å². The minimum absolute atomic E-state index is 0.285. The molecule has 0 radical (unpaired) electrons. The van der Waals surface area contributed by atoms with Gasteiger partial charge in [0, 0.05) is 29.8 Å². The van der Waals surface area contributed by atoms with Crippen LogP contribution in [0.15, 0.2) is 71.5 Å². The molecule has 2 aromatic heterocycles. The molecule has 2 aromatic carbocycles. The van der Waals surface area contributed by atoms with Crippen molar-refractivity contribution < 1.29 is 17.7 Å². The van der Waals surface area contributed by atoms with Crippen LogP contribution >= 0.6 is 11.6 Å². The number of hydrogen-bond donors (Lipinski definition) is 2. The van der Waals surface area contributed by atoms with Gasteiger partial charge in [0.2, 0.25) is 0 Å². The Morgan fingerprint density at radius 2 is 1.75 bits per heavy atom. The van der Waals surface area contributed by atoms with Gasteiger partial charge in [-0.1, -0.05) is 53.2 Å². The summed E-state index contributed by atoms with van der Waals surface area (Å²) in [6, 6.07) is 15.9. The van der Waals surface area contributed by atoms with E-state index in [0.29, 0.717) is 28.5 Å². The van der Waals surface area contributed by atoms with Crippen molar-refractivity contribution in [1.29, 1.82) is 0 Å². The average Bonchev–Trinajstić information content (AvgIpc) is 3.28. The van der Waals surface area contributed by atoms with Crippen LogP contribution in [0.25, 0.3) is 22.5 Å². The maximum Gasteiger partial charge on any atom is 0.417 e. The highest BCUT2D eigenvalue weighted by molar-refractivity contribution is 6.31. The number of anilines is 1. The monoisotopic (exact) mass is 459 g/mol. The molecule has 0 amide bonds. The van der Waals surface area contributed by atoms with Gasteiger partial charge in [-0.3, -0.25) is 0 Å². The predicted octanol–water partition coefficient (Wildman–Crippen LogP) is 5.58. The Balaban J connectivity index is 1.45. The summed E-state index contributed by atoms with van der Waals surface area (Å²) in [4.78, 5) is 8.24. The van der Waals surface area contributed by atoms with E-state index in [1.54, 1.807) is 12.1 Å². The zero-order valence-corrected chi connectivity index (χ0v) is 17.2. The first kappa shape index (κ1) is 21.8. The predicted molar refractivity (Wildman–Crippen MR) is 115 cm³/mol. The van der Waals surface area contributed by atoms with Gasteiger partial charge in [-0.15, -0.1) is 0 Å². The van der Waals surface area contributed by atoms with Crippen LogP contribution in [-0.4, -0.2) is 21.7 Å². The molecule has 0 spiro atoms. The number of alkyl halides is 3. The molecule has 6 nitrogen and oxygen atoms in total. The zero-order chi connectivity index (χ0) is 22.7. The second-order valence-corrected chi connectivity index (χ2v) is 7.36. The van der Waals surface area contributed by atoms with Crippen molar-refractivity contribution in [3.8, 4) is 22.5 Å². The smallest absolute Gasteiger partial charge is 0.368 e. The maximum atomic E-state index is 12.9.